The number of rotatable bonds is 12. The van der Waals surface area contributed by atoms with Crippen LogP contribution in [0.1, 0.15) is 128 Å². The fourth-order valence-corrected chi connectivity index (χ4v) is 6.84. The van der Waals surface area contributed by atoms with Gasteiger partial charge < -0.3 is 20.1 Å². The Bertz CT molecular complexity index is 862. The van der Waals surface area contributed by atoms with Gasteiger partial charge in [-0.3, -0.25) is 4.79 Å². The second-order valence-corrected chi connectivity index (χ2v) is 13.1. The first-order chi connectivity index (χ1) is 17.5. The molecule has 2 aliphatic carbocycles. The van der Waals surface area contributed by atoms with Gasteiger partial charge in [0.15, 0.2) is 0 Å². The minimum Gasteiger partial charge on any atom is -0.481 e. The Labute approximate surface area is 225 Å². The molecule has 1 aromatic carbocycles. The highest BCUT2D eigenvalue weighted by molar-refractivity contribution is 5.73. The van der Waals surface area contributed by atoms with E-state index < -0.39 is 17.5 Å². The Morgan fingerprint density at radius 2 is 1.30 bits per heavy atom. The van der Waals surface area contributed by atoms with E-state index in [1.165, 1.54) is 11.1 Å². The lowest BCUT2D eigenvalue weighted by Gasteiger charge is -2.40. The molecule has 0 saturated heterocycles. The standard InChI is InChI=1S/C32H52O5/c1-31(2,30(35)36)20-10-14-22-12-8-18-26(28(22)33)24-16-6-7-17-25(24)27-19-9-13-23(29(27)34)15-11-21-32(3,4)37-5/h6-7,16-17,22-23,26-29,33-34H,8-15,18-21H2,1-5H3,(H,35,36). The zero-order chi connectivity index (χ0) is 27.2. The first kappa shape index (κ1) is 30.1. The second-order valence-electron chi connectivity index (χ2n) is 13.1. The molecule has 3 rings (SSSR count). The number of aliphatic carboxylic acids is 1. The van der Waals surface area contributed by atoms with Crippen LogP contribution in [0.2, 0.25) is 0 Å². The monoisotopic (exact) mass is 516 g/mol. The predicted molar refractivity (Wildman–Crippen MR) is 149 cm³/mol. The minimum atomic E-state index is -0.754. The second kappa shape index (κ2) is 13.1. The maximum Gasteiger partial charge on any atom is 0.309 e. The first-order valence-electron chi connectivity index (χ1n) is 14.7. The lowest BCUT2D eigenvalue weighted by Crippen LogP contribution is -2.36. The van der Waals surface area contributed by atoms with Crippen molar-refractivity contribution in [2.75, 3.05) is 7.11 Å². The van der Waals surface area contributed by atoms with Crippen molar-refractivity contribution in [1.82, 2.24) is 0 Å². The SMILES string of the molecule is COC(C)(C)CCCC1CCCC(c2ccccc2C2CCCC(CCCC(C)(C)C(=O)O)C2O)C1O. The molecule has 0 heterocycles. The van der Waals surface area contributed by atoms with E-state index in [0.717, 1.165) is 70.6 Å². The Balaban J connectivity index is 1.68. The Kier molecular flexibility index (Phi) is 10.6. The van der Waals surface area contributed by atoms with Crippen LogP contribution in [0.5, 0.6) is 0 Å². The number of aliphatic hydroxyl groups excluding tert-OH is 2. The van der Waals surface area contributed by atoms with Gasteiger partial charge in [0.25, 0.3) is 0 Å². The molecule has 6 unspecified atom stereocenters. The van der Waals surface area contributed by atoms with Crippen LogP contribution in [-0.4, -0.2) is 46.2 Å². The van der Waals surface area contributed by atoms with E-state index in [-0.39, 0.29) is 29.5 Å². The van der Waals surface area contributed by atoms with Crippen LogP contribution in [0, 0.1) is 17.3 Å². The molecule has 0 aliphatic heterocycles. The molecule has 3 N–H and O–H groups in total. The number of carboxylic acids is 1. The molecule has 2 fully saturated rings. The number of carbonyl (C=O) groups is 1. The van der Waals surface area contributed by atoms with Crippen LogP contribution >= 0.6 is 0 Å². The van der Waals surface area contributed by atoms with Crippen molar-refractivity contribution in [2.24, 2.45) is 17.3 Å². The van der Waals surface area contributed by atoms with Crippen molar-refractivity contribution in [3.63, 3.8) is 0 Å². The van der Waals surface area contributed by atoms with Crippen molar-refractivity contribution < 1.29 is 24.9 Å². The molecular formula is C32H52O5. The number of carboxylic acid groups (broad SMARTS) is 1. The van der Waals surface area contributed by atoms with Crippen LogP contribution in [0.25, 0.3) is 0 Å². The zero-order valence-electron chi connectivity index (χ0n) is 23.9. The Morgan fingerprint density at radius 1 is 0.838 bits per heavy atom. The van der Waals surface area contributed by atoms with Crippen molar-refractivity contribution in [1.29, 1.82) is 0 Å². The Morgan fingerprint density at radius 3 is 1.73 bits per heavy atom. The minimum absolute atomic E-state index is 0.0810. The summed E-state index contributed by atoms with van der Waals surface area (Å²) in [6.07, 6.45) is 10.9. The summed E-state index contributed by atoms with van der Waals surface area (Å²) in [4.78, 5) is 11.5. The van der Waals surface area contributed by atoms with E-state index >= 15 is 0 Å². The van der Waals surface area contributed by atoms with E-state index in [9.17, 15) is 20.1 Å². The van der Waals surface area contributed by atoms with Gasteiger partial charge in [0, 0.05) is 18.9 Å². The molecule has 0 spiro atoms. The normalized spacial score (nSPS) is 29.3. The van der Waals surface area contributed by atoms with Gasteiger partial charge in [0.2, 0.25) is 0 Å². The van der Waals surface area contributed by atoms with Gasteiger partial charge >= 0.3 is 5.97 Å². The number of methoxy groups -OCH3 is 1. The van der Waals surface area contributed by atoms with Crippen LogP contribution in [-0.2, 0) is 9.53 Å². The zero-order valence-corrected chi connectivity index (χ0v) is 23.9. The molecule has 2 aliphatic rings. The van der Waals surface area contributed by atoms with Crippen molar-refractivity contribution in [3.8, 4) is 0 Å². The quantitative estimate of drug-likeness (QED) is 0.277. The van der Waals surface area contributed by atoms with E-state index in [4.69, 9.17) is 4.74 Å². The summed E-state index contributed by atoms with van der Waals surface area (Å²) in [6, 6.07) is 8.52. The summed E-state index contributed by atoms with van der Waals surface area (Å²) in [7, 11) is 1.77. The smallest absolute Gasteiger partial charge is 0.309 e. The lowest BCUT2D eigenvalue weighted by atomic mass is 9.68. The lowest BCUT2D eigenvalue weighted by molar-refractivity contribution is -0.147. The van der Waals surface area contributed by atoms with Gasteiger partial charge in [-0.15, -0.1) is 0 Å². The van der Waals surface area contributed by atoms with Crippen LogP contribution in [0.3, 0.4) is 0 Å². The van der Waals surface area contributed by atoms with Gasteiger partial charge in [-0.25, -0.2) is 0 Å². The fraction of sp³-hybridized carbons (Fsp3) is 0.781. The van der Waals surface area contributed by atoms with Gasteiger partial charge in [-0.1, -0.05) is 49.9 Å². The summed E-state index contributed by atoms with van der Waals surface area (Å²) >= 11 is 0. The number of ether oxygens (including phenoxy) is 1. The number of aliphatic hydroxyl groups is 2. The summed E-state index contributed by atoms with van der Waals surface area (Å²) in [6.45, 7) is 7.82. The molecule has 0 bridgehead atoms. The predicted octanol–water partition coefficient (Wildman–Crippen LogP) is 7.05. The van der Waals surface area contributed by atoms with E-state index in [0.29, 0.717) is 12.3 Å². The number of benzene rings is 1. The third-order valence-corrected chi connectivity index (χ3v) is 9.63. The highest BCUT2D eigenvalue weighted by Crippen LogP contribution is 2.45. The van der Waals surface area contributed by atoms with Crippen molar-refractivity contribution in [3.05, 3.63) is 35.4 Å². The Hall–Kier alpha value is -1.43. The van der Waals surface area contributed by atoms with Crippen LogP contribution < -0.4 is 0 Å². The number of hydrogen-bond acceptors (Lipinski definition) is 4. The van der Waals surface area contributed by atoms with Gasteiger partial charge in [0.1, 0.15) is 0 Å². The summed E-state index contributed by atoms with van der Waals surface area (Å²) < 4.78 is 5.59. The first-order valence-corrected chi connectivity index (χ1v) is 14.7. The van der Waals surface area contributed by atoms with Crippen molar-refractivity contribution >= 4 is 5.97 Å². The van der Waals surface area contributed by atoms with Crippen LogP contribution in [0.15, 0.2) is 24.3 Å². The summed E-state index contributed by atoms with van der Waals surface area (Å²) in [5.41, 5.74) is 1.60. The molecule has 1 aromatic rings. The molecule has 0 aromatic heterocycles. The molecule has 37 heavy (non-hydrogen) atoms. The highest BCUT2D eigenvalue weighted by atomic mass is 16.5. The van der Waals surface area contributed by atoms with Crippen molar-refractivity contribution in [2.45, 2.75) is 134 Å². The molecular weight excluding hydrogens is 464 g/mol. The third kappa shape index (κ3) is 7.80. The summed E-state index contributed by atoms with van der Waals surface area (Å²) in [5, 5.41) is 32.4. The molecule has 0 amide bonds. The molecule has 210 valence electrons. The molecule has 2 saturated carbocycles. The molecule has 5 nitrogen and oxygen atoms in total. The summed E-state index contributed by atoms with van der Waals surface area (Å²) in [5.74, 6) is -0.0484. The average molecular weight is 517 g/mol. The molecule has 5 heteroatoms. The van der Waals surface area contributed by atoms with Gasteiger partial charge in [-0.2, -0.15) is 0 Å². The number of hydrogen-bond donors (Lipinski definition) is 3. The largest absolute Gasteiger partial charge is 0.481 e. The van der Waals surface area contributed by atoms with Gasteiger partial charge in [-0.05, 0) is 102 Å². The molecule has 6 atom stereocenters. The van der Waals surface area contributed by atoms with E-state index in [1.807, 2.05) is 0 Å². The van der Waals surface area contributed by atoms with E-state index in [1.54, 1.807) is 21.0 Å². The van der Waals surface area contributed by atoms with Crippen LogP contribution in [0.4, 0.5) is 0 Å². The fourth-order valence-electron chi connectivity index (χ4n) is 6.84. The topological polar surface area (TPSA) is 87.0 Å². The highest BCUT2D eigenvalue weighted by Gasteiger charge is 2.38. The molecule has 0 radical (unpaired) electrons. The maximum atomic E-state index is 11.5. The average Bonchev–Trinajstić information content (AvgIpc) is 2.86. The van der Waals surface area contributed by atoms with E-state index in [2.05, 4.69) is 38.1 Å². The maximum absolute atomic E-state index is 11.5. The van der Waals surface area contributed by atoms with Gasteiger partial charge in [0.05, 0.1) is 23.2 Å². The third-order valence-electron chi connectivity index (χ3n) is 9.63.